The fraction of sp³-hybridized carbons (Fsp3) is 0.700. The molecule has 8 heteroatoms. The van der Waals surface area contributed by atoms with Crippen LogP contribution in [0.2, 0.25) is 0 Å². The number of likely N-dealkylation sites (tertiary alicyclic amines) is 1. The maximum atomic E-state index is 12.7. The van der Waals surface area contributed by atoms with Crippen LogP contribution in [0, 0.1) is 11.3 Å². The lowest BCUT2D eigenvalue weighted by molar-refractivity contribution is -0.141. The standard InChI is InChI=1S/C20H27F3N2O3/c1-18(2,3)28-17(26)25-9-7-19(8-10-25)11-14(12-19)13-27-16-6-4-5-15(24-16)20(21,22)23/h4-6,14H,7-13H2,1-3H3. The van der Waals surface area contributed by atoms with Gasteiger partial charge in [-0.15, -0.1) is 0 Å². The SMILES string of the molecule is CC(C)(C)OC(=O)N1CCC2(CC1)CC(COc1cccc(C(F)(F)F)n1)C2. The molecule has 28 heavy (non-hydrogen) atoms. The Kier molecular flexibility index (Phi) is 5.51. The van der Waals surface area contributed by atoms with Gasteiger partial charge in [0.05, 0.1) is 6.61 Å². The first-order valence-corrected chi connectivity index (χ1v) is 9.61. The van der Waals surface area contributed by atoms with Crippen molar-refractivity contribution in [1.29, 1.82) is 0 Å². The van der Waals surface area contributed by atoms with Crippen molar-refractivity contribution in [2.75, 3.05) is 19.7 Å². The maximum Gasteiger partial charge on any atom is 0.433 e. The van der Waals surface area contributed by atoms with Crippen LogP contribution in [0.15, 0.2) is 18.2 Å². The van der Waals surface area contributed by atoms with Gasteiger partial charge < -0.3 is 14.4 Å². The summed E-state index contributed by atoms with van der Waals surface area (Å²) >= 11 is 0. The molecule has 5 nitrogen and oxygen atoms in total. The highest BCUT2D eigenvalue weighted by Gasteiger charge is 2.47. The molecule has 2 fully saturated rings. The minimum Gasteiger partial charge on any atom is -0.477 e. The van der Waals surface area contributed by atoms with Crippen LogP contribution in [0.5, 0.6) is 5.88 Å². The van der Waals surface area contributed by atoms with E-state index in [0.29, 0.717) is 25.6 Å². The second-order valence-electron chi connectivity index (χ2n) is 8.91. The molecule has 1 saturated carbocycles. The number of piperidine rings is 1. The normalized spacial score (nSPS) is 20.0. The van der Waals surface area contributed by atoms with Gasteiger partial charge in [-0.25, -0.2) is 9.78 Å². The average Bonchev–Trinajstić information content (AvgIpc) is 2.56. The molecule has 1 aliphatic heterocycles. The van der Waals surface area contributed by atoms with Crippen LogP contribution in [-0.4, -0.2) is 41.3 Å². The Morgan fingerprint density at radius 3 is 2.43 bits per heavy atom. The summed E-state index contributed by atoms with van der Waals surface area (Å²) in [6.07, 6.45) is -0.962. The van der Waals surface area contributed by atoms with Crippen molar-refractivity contribution >= 4 is 6.09 Å². The van der Waals surface area contributed by atoms with Crippen LogP contribution in [0.1, 0.15) is 52.1 Å². The predicted molar refractivity (Wildman–Crippen MR) is 96.9 cm³/mol. The number of aromatic nitrogens is 1. The molecule has 0 aromatic carbocycles. The zero-order valence-corrected chi connectivity index (χ0v) is 16.5. The van der Waals surface area contributed by atoms with E-state index >= 15 is 0 Å². The van der Waals surface area contributed by atoms with E-state index in [2.05, 4.69) is 4.98 Å². The summed E-state index contributed by atoms with van der Waals surface area (Å²) in [5.74, 6) is 0.319. The Morgan fingerprint density at radius 2 is 1.86 bits per heavy atom. The highest BCUT2D eigenvalue weighted by molar-refractivity contribution is 5.68. The van der Waals surface area contributed by atoms with Gasteiger partial charge in [0.25, 0.3) is 0 Å². The number of halogens is 3. The quantitative estimate of drug-likeness (QED) is 0.724. The molecule has 0 unspecified atom stereocenters. The molecule has 1 aromatic rings. The second-order valence-corrected chi connectivity index (χ2v) is 8.91. The number of carbonyl (C=O) groups excluding carboxylic acids is 1. The van der Waals surface area contributed by atoms with Crippen LogP contribution >= 0.6 is 0 Å². The van der Waals surface area contributed by atoms with E-state index in [-0.39, 0.29) is 17.4 Å². The number of hydrogen-bond donors (Lipinski definition) is 0. The minimum atomic E-state index is -4.47. The van der Waals surface area contributed by atoms with Crippen molar-refractivity contribution in [3.63, 3.8) is 0 Å². The Bertz CT molecular complexity index is 699. The van der Waals surface area contributed by atoms with Gasteiger partial charge >= 0.3 is 12.3 Å². The second kappa shape index (κ2) is 7.44. The van der Waals surface area contributed by atoms with Gasteiger partial charge in [0, 0.05) is 19.2 Å². The van der Waals surface area contributed by atoms with Crippen molar-refractivity contribution in [3.8, 4) is 5.88 Å². The number of ether oxygens (including phenoxy) is 2. The highest BCUT2D eigenvalue weighted by Crippen LogP contribution is 2.52. The summed E-state index contributed by atoms with van der Waals surface area (Å²) in [4.78, 5) is 17.4. The van der Waals surface area contributed by atoms with E-state index < -0.39 is 17.5 Å². The summed E-state index contributed by atoms with van der Waals surface area (Å²) in [5, 5.41) is 0. The van der Waals surface area contributed by atoms with Crippen molar-refractivity contribution in [3.05, 3.63) is 23.9 Å². The van der Waals surface area contributed by atoms with Crippen molar-refractivity contribution in [2.45, 2.75) is 58.2 Å². The first-order valence-electron chi connectivity index (χ1n) is 9.61. The summed E-state index contributed by atoms with van der Waals surface area (Å²) in [7, 11) is 0. The molecule has 2 heterocycles. The molecule has 0 bridgehead atoms. The molecule has 1 aliphatic carbocycles. The minimum absolute atomic E-state index is 0.00974. The van der Waals surface area contributed by atoms with E-state index in [4.69, 9.17) is 9.47 Å². The lowest BCUT2D eigenvalue weighted by Gasteiger charge is -2.52. The lowest BCUT2D eigenvalue weighted by Crippen LogP contribution is -2.50. The van der Waals surface area contributed by atoms with Gasteiger partial charge in [-0.3, -0.25) is 0 Å². The van der Waals surface area contributed by atoms with Gasteiger partial charge in [-0.2, -0.15) is 13.2 Å². The highest BCUT2D eigenvalue weighted by atomic mass is 19.4. The Hall–Kier alpha value is -1.99. The smallest absolute Gasteiger partial charge is 0.433 e. The molecular formula is C20H27F3N2O3. The first kappa shape index (κ1) is 20.7. The van der Waals surface area contributed by atoms with Gasteiger partial charge in [-0.1, -0.05) is 6.07 Å². The Balaban J connectivity index is 1.43. The molecular weight excluding hydrogens is 373 g/mol. The van der Waals surface area contributed by atoms with E-state index in [0.717, 1.165) is 31.7 Å². The number of amides is 1. The number of hydrogen-bond acceptors (Lipinski definition) is 4. The van der Waals surface area contributed by atoms with Crippen LogP contribution < -0.4 is 4.74 Å². The van der Waals surface area contributed by atoms with E-state index in [9.17, 15) is 18.0 Å². The van der Waals surface area contributed by atoms with Crippen LogP contribution in [0.4, 0.5) is 18.0 Å². The third kappa shape index (κ3) is 5.08. The number of alkyl halides is 3. The van der Waals surface area contributed by atoms with E-state index in [1.54, 1.807) is 4.90 Å². The zero-order valence-electron chi connectivity index (χ0n) is 16.5. The fourth-order valence-corrected chi connectivity index (χ4v) is 4.04. The first-order chi connectivity index (χ1) is 13.0. The van der Waals surface area contributed by atoms with Gasteiger partial charge in [-0.05, 0) is 63.9 Å². The number of pyridine rings is 1. The molecule has 1 saturated heterocycles. The van der Waals surface area contributed by atoms with Gasteiger partial charge in [0.1, 0.15) is 11.3 Å². The van der Waals surface area contributed by atoms with Gasteiger partial charge in [0.15, 0.2) is 0 Å². The van der Waals surface area contributed by atoms with Crippen molar-refractivity contribution in [1.82, 2.24) is 9.88 Å². The van der Waals surface area contributed by atoms with E-state index in [1.165, 1.54) is 12.1 Å². The number of nitrogens with zero attached hydrogens (tertiary/aromatic N) is 2. The van der Waals surface area contributed by atoms with Crippen LogP contribution in [-0.2, 0) is 10.9 Å². The van der Waals surface area contributed by atoms with Crippen LogP contribution in [0.25, 0.3) is 0 Å². The summed E-state index contributed by atoms with van der Waals surface area (Å²) in [5.41, 5.74) is -1.22. The number of carbonyl (C=O) groups is 1. The number of rotatable bonds is 3. The molecule has 1 amide bonds. The Labute approximate surface area is 163 Å². The molecule has 1 spiro atoms. The average molecular weight is 400 g/mol. The third-order valence-electron chi connectivity index (χ3n) is 5.40. The third-order valence-corrected chi connectivity index (χ3v) is 5.40. The zero-order chi connectivity index (χ0) is 20.6. The topological polar surface area (TPSA) is 51.7 Å². The molecule has 0 N–H and O–H groups in total. The summed E-state index contributed by atoms with van der Waals surface area (Å²) in [6, 6.07) is 3.69. The molecule has 0 atom stereocenters. The molecule has 1 aromatic heterocycles. The van der Waals surface area contributed by atoms with Crippen LogP contribution in [0.3, 0.4) is 0 Å². The van der Waals surface area contributed by atoms with Gasteiger partial charge in [0.2, 0.25) is 5.88 Å². The lowest BCUT2D eigenvalue weighted by atomic mass is 9.58. The maximum absolute atomic E-state index is 12.7. The summed E-state index contributed by atoms with van der Waals surface area (Å²) < 4.78 is 49.0. The molecule has 3 rings (SSSR count). The fourth-order valence-electron chi connectivity index (χ4n) is 4.04. The Morgan fingerprint density at radius 1 is 1.21 bits per heavy atom. The van der Waals surface area contributed by atoms with Crippen molar-refractivity contribution in [2.24, 2.45) is 11.3 Å². The molecule has 0 radical (unpaired) electrons. The van der Waals surface area contributed by atoms with E-state index in [1.807, 2.05) is 20.8 Å². The molecule has 2 aliphatic rings. The molecule has 156 valence electrons. The predicted octanol–water partition coefficient (Wildman–Crippen LogP) is 4.91. The van der Waals surface area contributed by atoms with Crippen molar-refractivity contribution < 1.29 is 27.4 Å². The summed E-state index contributed by atoms with van der Waals surface area (Å²) in [6.45, 7) is 7.28. The monoisotopic (exact) mass is 400 g/mol. The largest absolute Gasteiger partial charge is 0.477 e.